The maximum atomic E-state index is 11.9. The van der Waals surface area contributed by atoms with Crippen LogP contribution in [0.15, 0.2) is 27.4 Å². The van der Waals surface area contributed by atoms with E-state index in [0.29, 0.717) is 28.4 Å². The van der Waals surface area contributed by atoms with Gasteiger partial charge in [0.15, 0.2) is 16.8 Å². The zero-order valence-corrected chi connectivity index (χ0v) is 14.4. The van der Waals surface area contributed by atoms with Crippen LogP contribution in [0.4, 0.5) is 0 Å². The van der Waals surface area contributed by atoms with Gasteiger partial charge in [-0.05, 0) is 37.3 Å². The number of benzene rings is 1. The molecule has 0 radical (unpaired) electrons. The van der Waals surface area contributed by atoms with E-state index in [9.17, 15) is 9.59 Å². The molecule has 4 aromatic rings. The van der Waals surface area contributed by atoms with Gasteiger partial charge < -0.3 is 4.42 Å². The molecule has 5 rings (SSSR count). The number of rotatable bonds is 2. The molecule has 0 aliphatic heterocycles. The highest BCUT2D eigenvalue weighted by Crippen LogP contribution is 2.36. The number of imidazole rings is 1. The molecule has 0 bridgehead atoms. The van der Waals surface area contributed by atoms with E-state index in [4.69, 9.17) is 9.40 Å². The number of aromatic amines is 1. The van der Waals surface area contributed by atoms with Crippen molar-refractivity contribution in [1.82, 2.24) is 14.4 Å². The van der Waals surface area contributed by atoms with Crippen LogP contribution in [0.3, 0.4) is 0 Å². The number of oxazole rings is 1. The van der Waals surface area contributed by atoms with Gasteiger partial charge in [0.25, 0.3) is 0 Å². The Morgan fingerprint density at radius 2 is 2.32 bits per heavy atom. The Labute approximate surface area is 146 Å². The minimum atomic E-state index is -0.489. The molecular formula is C18H15N3O3S. The Morgan fingerprint density at radius 3 is 3.16 bits per heavy atom. The number of carbonyl (C=O) groups is 1. The van der Waals surface area contributed by atoms with Gasteiger partial charge in [0.05, 0.1) is 5.52 Å². The normalized spacial score (nSPS) is 17.2. The van der Waals surface area contributed by atoms with Crippen LogP contribution in [-0.2, 0) is 12.8 Å². The standard InChI is InChI=1S/C18H15N3O3S/c1-9-2-5-12-15(6-9)25-17-20-16(13(8-22)21(12)17)10-3-4-11-14(7-10)24-18(23)19-11/h3-4,7-9H,2,5-6H2,1H3,(H,19,23). The van der Waals surface area contributed by atoms with Crippen LogP contribution in [-0.4, -0.2) is 20.7 Å². The maximum absolute atomic E-state index is 11.9. The lowest BCUT2D eigenvalue weighted by atomic mass is 9.93. The van der Waals surface area contributed by atoms with E-state index in [1.807, 2.05) is 10.5 Å². The van der Waals surface area contributed by atoms with Crippen molar-refractivity contribution in [2.45, 2.75) is 26.2 Å². The van der Waals surface area contributed by atoms with E-state index >= 15 is 0 Å². The predicted molar refractivity (Wildman–Crippen MR) is 95.5 cm³/mol. The highest BCUT2D eigenvalue weighted by atomic mass is 32.1. The summed E-state index contributed by atoms with van der Waals surface area (Å²) in [6.07, 6.45) is 4.03. The van der Waals surface area contributed by atoms with E-state index in [0.717, 1.165) is 36.1 Å². The average molecular weight is 353 g/mol. The van der Waals surface area contributed by atoms with E-state index < -0.39 is 5.76 Å². The van der Waals surface area contributed by atoms with Crippen molar-refractivity contribution in [2.75, 3.05) is 0 Å². The number of carbonyl (C=O) groups excluding carboxylic acids is 1. The van der Waals surface area contributed by atoms with Crippen LogP contribution in [0.25, 0.3) is 27.3 Å². The van der Waals surface area contributed by atoms with Gasteiger partial charge in [-0.2, -0.15) is 0 Å². The topological polar surface area (TPSA) is 80.4 Å². The first-order valence-electron chi connectivity index (χ1n) is 8.25. The van der Waals surface area contributed by atoms with Crippen LogP contribution in [0.5, 0.6) is 0 Å². The third kappa shape index (κ3) is 2.12. The lowest BCUT2D eigenvalue weighted by Gasteiger charge is -2.17. The molecule has 25 heavy (non-hydrogen) atoms. The number of aromatic nitrogens is 3. The van der Waals surface area contributed by atoms with Gasteiger partial charge in [-0.15, -0.1) is 11.3 Å². The first-order valence-corrected chi connectivity index (χ1v) is 9.07. The third-order valence-corrected chi connectivity index (χ3v) is 6.01. The lowest BCUT2D eigenvalue weighted by molar-refractivity contribution is 0.111. The predicted octanol–water partition coefficient (Wildman–Crippen LogP) is 3.43. The van der Waals surface area contributed by atoms with Gasteiger partial charge in [0.2, 0.25) is 0 Å². The van der Waals surface area contributed by atoms with Gasteiger partial charge in [-0.1, -0.05) is 13.0 Å². The summed E-state index contributed by atoms with van der Waals surface area (Å²) >= 11 is 1.67. The summed E-state index contributed by atoms with van der Waals surface area (Å²) in [5.41, 5.74) is 4.28. The van der Waals surface area contributed by atoms with E-state index in [-0.39, 0.29) is 0 Å². The van der Waals surface area contributed by atoms with Gasteiger partial charge in [0, 0.05) is 16.1 Å². The minimum Gasteiger partial charge on any atom is -0.408 e. The van der Waals surface area contributed by atoms with Crippen LogP contribution >= 0.6 is 11.3 Å². The number of hydrogen-bond donors (Lipinski definition) is 1. The molecule has 1 N–H and O–H groups in total. The van der Waals surface area contributed by atoms with Crippen LogP contribution in [0, 0.1) is 5.92 Å². The largest absolute Gasteiger partial charge is 0.417 e. The molecule has 1 aliphatic rings. The van der Waals surface area contributed by atoms with Crippen molar-refractivity contribution in [3.8, 4) is 11.3 Å². The fourth-order valence-corrected chi connectivity index (χ4v) is 5.00. The molecule has 7 heteroatoms. The molecule has 1 unspecified atom stereocenters. The van der Waals surface area contributed by atoms with Crippen molar-refractivity contribution in [3.05, 3.63) is 45.0 Å². The fraction of sp³-hybridized carbons (Fsp3) is 0.278. The minimum absolute atomic E-state index is 0.464. The van der Waals surface area contributed by atoms with Crippen molar-refractivity contribution >= 4 is 33.7 Å². The number of thiazole rings is 1. The van der Waals surface area contributed by atoms with Crippen molar-refractivity contribution in [3.63, 3.8) is 0 Å². The van der Waals surface area contributed by atoms with E-state index in [1.165, 1.54) is 10.6 Å². The van der Waals surface area contributed by atoms with Crippen molar-refractivity contribution in [1.29, 1.82) is 0 Å². The smallest absolute Gasteiger partial charge is 0.408 e. The number of nitrogens with zero attached hydrogens (tertiary/aromatic N) is 2. The Hall–Kier alpha value is -2.67. The molecular weight excluding hydrogens is 338 g/mol. The van der Waals surface area contributed by atoms with Gasteiger partial charge >= 0.3 is 5.76 Å². The molecule has 0 fully saturated rings. The second kappa shape index (κ2) is 5.16. The average Bonchev–Trinajstić information content (AvgIpc) is 3.23. The molecule has 6 nitrogen and oxygen atoms in total. The SMILES string of the molecule is CC1CCc2c(sc3nc(-c4ccc5[nH]c(=O)oc5c4)c(C=O)n23)C1. The zero-order valence-electron chi connectivity index (χ0n) is 13.5. The highest BCUT2D eigenvalue weighted by molar-refractivity contribution is 7.17. The first-order chi connectivity index (χ1) is 12.1. The molecule has 126 valence electrons. The monoisotopic (exact) mass is 353 g/mol. The zero-order chi connectivity index (χ0) is 17.1. The summed E-state index contributed by atoms with van der Waals surface area (Å²) < 4.78 is 7.14. The number of fused-ring (bicyclic) bond motifs is 4. The highest BCUT2D eigenvalue weighted by Gasteiger charge is 2.25. The Kier molecular flexibility index (Phi) is 3.03. The molecule has 1 aromatic carbocycles. The van der Waals surface area contributed by atoms with E-state index in [2.05, 4.69) is 11.9 Å². The van der Waals surface area contributed by atoms with Crippen molar-refractivity contribution in [2.24, 2.45) is 5.92 Å². The lowest BCUT2D eigenvalue weighted by Crippen LogP contribution is -2.11. The molecule has 0 saturated heterocycles. The summed E-state index contributed by atoms with van der Waals surface area (Å²) in [4.78, 5) is 32.7. The Morgan fingerprint density at radius 1 is 1.44 bits per heavy atom. The van der Waals surface area contributed by atoms with Gasteiger partial charge in [-0.25, -0.2) is 9.78 Å². The Balaban J connectivity index is 1.74. The van der Waals surface area contributed by atoms with Crippen LogP contribution in [0.1, 0.15) is 34.4 Å². The van der Waals surface area contributed by atoms with Crippen LogP contribution in [0.2, 0.25) is 0 Å². The van der Waals surface area contributed by atoms with Crippen molar-refractivity contribution < 1.29 is 9.21 Å². The summed E-state index contributed by atoms with van der Waals surface area (Å²) in [5.74, 6) is 0.186. The number of aryl methyl sites for hydroxylation is 1. The molecule has 0 saturated carbocycles. The summed E-state index contributed by atoms with van der Waals surface area (Å²) in [7, 11) is 0. The van der Waals surface area contributed by atoms with Gasteiger partial charge in [0.1, 0.15) is 11.4 Å². The maximum Gasteiger partial charge on any atom is 0.417 e. The molecule has 1 atom stereocenters. The molecule has 0 spiro atoms. The number of hydrogen-bond acceptors (Lipinski definition) is 5. The molecule has 1 aliphatic carbocycles. The first kappa shape index (κ1) is 14.7. The number of aldehydes is 1. The van der Waals surface area contributed by atoms with Crippen LogP contribution < -0.4 is 5.76 Å². The Bertz CT molecular complexity index is 1190. The summed E-state index contributed by atoms with van der Waals surface area (Å²) in [6.45, 7) is 2.26. The summed E-state index contributed by atoms with van der Waals surface area (Å²) in [6, 6.07) is 5.37. The second-order valence-electron chi connectivity index (χ2n) is 6.63. The molecule has 3 aromatic heterocycles. The quantitative estimate of drug-likeness (QED) is 0.560. The third-order valence-electron chi connectivity index (χ3n) is 4.90. The second-order valence-corrected chi connectivity index (χ2v) is 7.69. The molecule has 3 heterocycles. The molecule has 0 amide bonds. The number of nitrogens with one attached hydrogen (secondary N) is 1. The van der Waals surface area contributed by atoms with Gasteiger partial charge in [-0.3, -0.25) is 14.2 Å². The van der Waals surface area contributed by atoms with E-state index in [1.54, 1.807) is 23.5 Å². The fourth-order valence-electron chi connectivity index (χ4n) is 3.66. The number of H-pyrrole nitrogens is 1. The summed E-state index contributed by atoms with van der Waals surface area (Å²) in [5, 5.41) is 0.